The number of nitrogens with one attached hydrogen (secondary N) is 2. The van der Waals surface area contributed by atoms with Crippen molar-refractivity contribution in [1.82, 2.24) is 10.0 Å². The number of sulfonamides is 1. The van der Waals surface area contributed by atoms with E-state index in [-0.39, 0.29) is 27.4 Å². The third-order valence-corrected chi connectivity index (χ3v) is 5.78. The van der Waals surface area contributed by atoms with Gasteiger partial charge in [-0.25, -0.2) is 13.1 Å². The van der Waals surface area contributed by atoms with Crippen molar-refractivity contribution in [3.63, 3.8) is 0 Å². The number of benzene rings is 1. The molecule has 2 N–H and O–H groups in total. The van der Waals surface area contributed by atoms with E-state index >= 15 is 0 Å². The van der Waals surface area contributed by atoms with Crippen LogP contribution in [0.1, 0.15) is 70.7 Å². The van der Waals surface area contributed by atoms with Gasteiger partial charge in [0.15, 0.2) is 0 Å². The van der Waals surface area contributed by atoms with Crippen LogP contribution >= 0.6 is 11.6 Å². The highest BCUT2D eigenvalue weighted by Crippen LogP contribution is 2.24. The molecule has 142 valence electrons. The van der Waals surface area contributed by atoms with Gasteiger partial charge in [-0.05, 0) is 52.3 Å². The van der Waals surface area contributed by atoms with Gasteiger partial charge < -0.3 is 5.32 Å². The molecule has 0 spiro atoms. The Morgan fingerprint density at radius 3 is 2.44 bits per heavy atom. The lowest BCUT2D eigenvalue weighted by Gasteiger charge is -2.21. The van der Waals surface area contributed by atoms with Crippen LogP contribution in [0.25, 0.3) is 0 Å². The molecule has 5 nitrogen and oxygen atoms in total. The summed E-state index contributed by atoms with van der Waals surface area (Å²) in [5.41, 5.74) is -0.366. The predicted octanol–water partition coefficient (Wildman–Crippen LogP) is 4.12. The van der Waals surface area contributed by atoms with Gasteiger partial charge in [0.05, 0.1) is 5.02 Å². The second kappa shape index (κ2) is 9.01. The first kappa shape index (κ1) is 21.9. The average Bonchev–Trinajstić information content (AvgIpc) is 2.45. The molecule has 0 saturated heterocycles. The van der Waals surface area contributed by atoms with Crippen molar-refractivity contribution < 1.29 is 13.2 Å². The number of hydrogen-bond donors (Lipinski definition) is 2. The molecule has 0 aliphatic carbocycles. The highest BCUT2D eigenvalue weighted by atomic mass is 35.5. The highest BCUT2D eigenvalue weighted by molar-refractivity contribution is 7.89. The lowest BCUT2D eigenvalue weighted by Crippen LogP contribution is -2.40. The van der Waals surface area contributed by atoms with Crippen molar-refractivity contribution in [3.05, 3.63) is 28.8 Å². The zero-order valence-corrected chi connectivity index (χ0v) is 17.2. The van der Waals surface area contributed by atoms with Crippen LogP contribution in [0, 0.1) is 0 Å². The lowest BCUT2D eigenvalue weighted by atomic mass is 10.1. The van der Waals surface area contributed by atoms with Gasteiger partial charge in [-0.1, -0.05) is 37.8 Å². The predicted molar refractivity (Wildman–Crippen MR) is 103 cm³/mol. The van der Waals surface area contributed by atoms with Gasteiger partial charge >= 0.3 is 0 Å². The van der Waals surface area contributed by atoms with E-state index in [4.69, 9.17) is 11.6 Å². The van der Waals surface area contributed by atoms with Gasteiger partial charge in [0, 0.05) is 17.1 Å². The lowest BCUT2D eigenvalue weighted by molar-refractivity contribution is 0.0937. The SMILES string of the molecule is CCCCCC(C)NC(=O)c1ccc(Cl)c(S(=O)(=O)NC(C)(C)C)c1. The fourth-order valence-electron chi connectivity index (χ4n) is 2.39. The normalized spacial score (nSPS) is 13.5. The summed E-state index contributed by atoms with van der Waals surface area (Å²) in [6.07, 6.45) is 4.19. The zero-order chi connectivity index (χ0) is 19.3. The second-order valence-electron chi connectivity index (χ2n) is 7.37. The summed E-state index contributed by atoms with van der Waals surface area (Å²) in [6.45, 7) is 9.31. The van der Waals surface area contributed by atoms with Crippen molar-refractivity contribution in [2.45, 2.75) is 76.8 Å². The van der Waals surface area contributed by atoms with E-state index in [0.29, 0.717) is 0 Å². The molecule has 0 saturated carbocycles. The van der Waals surface area contributed by atoms with E-state index in [9.17, 15) is 13.2 Å². The molecule has 1 rings (SSSR count). The first-order valence-corrected chi connectivity index (χ1v) is 10.5. The van der Waals surface area contributed by atoms with E-state index in [1.807, 2.05) is 6.92 Å². The van der Waals surface area contributed by atoms with Crippen LogP contribution < -0.4 is 10.0 Å². The molecule has 0 aliphatic rings. The minimum atomic E-state index is -3.81. The zero-order valence-electron chi connectivity index (χ0n) is 15.6. The maximum absolute atomic E-state index is 12.5. The Hall–Kier alpha value is -1.11. The number of carbonyl (C=O) groups excluding carboxylic acids is 1. The Morgan fingerprint density at radius 1 is 1.24 bits per heavy atom. The van der Waals surface area contributed by atoms with E-state index in [0.717, 1.165) is 25.7 Å². The van der Waals surface area contributed by atoms with E-state index in [1.165, 1.54) is 18.2 Å². The molecule has 1 aromatic carbocycles. The van der Waals surface area contributed by atoms with Crippen molar-refractivity contribution in [3.8, 4) is 0 Å². The molecule has 0 bridgehead atoms. The molecule has 0 fully saturated rings. The Bertz CT molecular complexity index is 697. The third-order valence-electron chi connectivity index (χ3n) is 3.54. The molecule has 1 amide bonds. The smallest absolute Gasteiger partial charge is 0.251 e. The van der Waals surface area contributed by atoms with Crippen LogP contribution in [0.15, 0.2) is 23.1 Å². The minimum Gasteiger partial charge on any atom is -0.350 e. The number of hydrogen-bond acceptors (Lipinski definition) is 3. The van der Waals surface area contributed by atoms with Crippen molar-refractivity contribution in [1.29, 1.82) is 0 Å². The first-order valence-electron chi connectivity index (χ1n) is 8.60. The fraction of sp³-hybridized carbons (Fsp3) is 0.611. The topological polar surface area (TPSA) is 75.3 Å². The van der Waals surface area contributed by atoms with Crippen LogP contribution in [-0.2, 0) is 10.0 Å². The summed E-state index contributed by atoms with van der Waals surface area (Å²) in [4.78, 5) is 12.3. The quantitative estimate of drug-likeness (QED) is 0.658. The van der Waals surface area contributed by atoms with Gasteiger partial charge in [-0.15, -0.1) is 0 Å². The summed E-state index contributed by atoms with van der Waals surface area (Å²) in [7, 11) is -3.81. The number of amides is 1. The summed E-state index contributed by atoms with van der Waals surface area (Å²) in [5.74, 6) is -0.298. The van der Waals surface area contributed by atoms with Crippen LogP contribution in [0.5, 0.6) is 0 Å². The maximum Gasteiger partial charge on any atom is 0.251 e. The summed E-state index contributed by atoms with van der Waals surface area (Å²) in [5, 5.41) is 2.99. The average molecular weight is 389 g/mol. The Balaban J connectivity index is 2.95. The molecule has 1 atom stereocenters. The molecular formula is C18H29ClN2O3S. The van der Waals surface area contributed by atoms with Crippen LogP contribution in [-0.4, -0.2) is 25.9 Å². The summed E-state index contributed by atoms with van der Waals surface area (Å²) in [6, 6.07) is 4.33. The molecule has 0 aromatic heterocycles. The van der Waals surface area contributed by atoms with Crippen LogP contribution in [0.4, 0.5) is 0 Å². The molecule has 7 heteroatoms. The molecule has 1 aromatic rings. The fourth-order valence-corrected chi connectivity index (χ4v) is 4.33. The molecular weight excluding hydrogens is 360 g/mol. The van der Waals surface area contributed by atoms with Gasteiger partial charge in [-0.2, -0.15) is 0 Å². The van der Waals surface area contributed by atoms with Gasteiger partial charge in [0.1, 0.15) is 4.90 Å². The van der Waals surface area contributed by atoms with Gasteiger partial charge in [0.2, 0.25) is 10.0 Å². The molecule has 25 heavy (non-hydrogen) atoms. The Morgan fingerprint density at radius 2 is 1.88 bits per heavy atom. The second-order valence-corrected chi connectivity index (χ2v) is 9.43. The van der Waals surface area contributed by atoms with Crippen LogP contribution in [0.2, 0.25) is 5.02 Å². The third kappa shape index (κ3) is 7.34. The molecule has 0 heterocycles. The Kier molecular flexibility index (Phi) is 7.90. The van der Waals surface area contributed by atoms with E-state index < -0.39 is 15.6 Å². The molecule has 1 unspecified atom stereocenters. The number of unbranched alkanes of at least 4 members (excludes halogenated alkanes) is 2. The van der Waals surface area contributed by atoms with Crippen molar-refractivity contribution >= 4 is 27.5 Å². The number of halogens is 1. The number of rotatable bonds is 8. The monoisotopic (exact) mass is 388 g/mol. The maximum atomic E-state index is 12.5. The standard InChI is InChI=1S/C18H29ClN2O3S/c1-6-7-8-9-13(2)20-17(22)14-10-11-15(19)16(12-14)25(23,24)21-18(3,4)5/h10-13,21H,6-9H2,1-5H3,(H,20,22). The molecule has 0 radical (unpaired) electrons. The summed E-state index contributed by atoms with van der Waals surface area (Å²) >= 11 is 6.05. The number of carbonyl (C=O) groups is 1. The van der Waals surface area contributed by atoms with E-state index in [2.05, 4.69) is 17.0 Å². The van der Waals surface area contributed by atoms with Crippen molar-refractivity contribution in [2.75, 3.05) is 0 Å². The van der Waals surface area contributed by atoms with Gasteiger partial charge in [0.25, 0.3) is 5.91 Å². The molecule has 0 aliphatic heterocycles. The Labute approximate surface area is 156 Å². The summed E-state index contributed by atoms with van der Waals surface area (Å²) < 4.78 is 27.6. The van der Waals surface area contributed by atoms with Crippen LogP contribution in [0.3, 0.4) is 0 Å². The van der Waals surface area contributed by atoms with E-state index in [1.54, 1.807) is 20.8 Å². The minimum absolute atomic E-state index is 0.0301. The largest absolute Gasteiger partial charge is 0.350 e. The van der Waals surface area contributed by atoms with Gasteiger partial charge in [-0.3, -0.25) is 4.79 Å². The van der Waals surface area contributed by atoms with Crippen molar-refractivity contribution in [2.24, 2.45) is 0 Å². The highest BCUT2D eigenvalue weighted by Gasteiger charge is 2.25. The first-order chi connectivity index (χ1) is 11.5.